The molecule has 0 aliphatic carbocycles. The van der Waals surface area contributed by atoms with Gasteiger partial charge in [0.2, 0.25) is 0 Å². The van der Waals surface area contributed by atoms with Crippen molar-refractivity contribution in [3.05, 3.63) is 54.3 Å². The number of benzene rings is 2. The monoisotopic (exact) mass is 652 g/mol. The first-order valence-electron chi connectivity index (χ1n) is 7.15. The minimum atomic E-state index is -5.31. The number of amides is 2. The van der Waals surface area contributed by atoms with Gasteiger partial charge in [-0.15, -0.1) is 0 Å². The van der Waals surface area contributed by atoms with Crippen LogP contribution in [-0.4, -0.2) is 23.7 Å². The van der Waals surface area contributed by atoms with E-state index in [9.17, 15) is 27.2 Å². The molecule has 0 saturated heterocycles. The van der Waals surface area contributed by atoms with Crippen molar-refractivity contribution in [3.8, 4) is 0 Å². The quantitative estimate of drug-likeness (QED) is 0.358. The predicted octanol–water partition coefficient (Wildman–Crippen LogP) is 6.58. The number of carbonyl (C=O) groups is 2. The molecule has 0 aliphatic rings. The largest absolute Gasteiger partial charge is 0.396 e. The van der Waals surface area contributed by atoms with Crippen molar-refractivity contribution in [2.24, 2.45) is 0 Å². The van der Waals surface area contributed by atoms with Crippen LogP contribution in [-0.2, 0) is 9.59 Å². The fourth-order valence-electron chi connectivity index (χ4n) is 1.87. The van der Waals surface area contributed by atoms with Crippen LogP contribution < -0.4 is 10.6 Å². The molecule has 2 aromatic carbocycles. The lowest BCUT2D eigenvalue weighted by Crippen LogP contribution is -2.56. The highest BCUT2D eigenvalue weighted by molar-refractivity contribution is 9.11. The van der Waals surface area contributed by atoms with Crippen LogP contribution in [0.3, 0.4) is 0 Å². The van der Waals surface area contributed by atoms with Crippen LogP contribution in [0.25, 0.3) is 0 Å². The molecule has 2 N–H and O–H groups in total. The molecule has 0 saturated carbocycles. The molecule has 2 aromatic rings. The van der Waals surface area contributed by atoms with Crippen LogP contribution in [0.15, 0.2) is 54.3 Å². The van der Waals surface area contributed by atoms with E-state index < -0.39 is 23.7 Å². The third kappa shape index (κ3) is 4.95. The number of alkyl halides is 4. The van der Waals surface area contributed by atoms with E-state index in [1.165, 1.54) is 36.4 Å². The Balaban J connectivity index is 2.23. The molecule has 0 radical (unpaired) electrons. The highest BCUT2D eigenvalue weighted by atomic mass is 79.9. The van der Waals surface area contributed by atoms with Gasteiger partial charge in [0.25, 0.3) is 0 Å². The van der Waals surface area contributed by atoms with Gasteiger partial charge in [0.05, 0.1) is 11.4 Å². The zero-order valence-corrected chi connectivity index (χ0v) is 19.6. The van der Waals surface area contributed by atoms with Crippen LogP contribution in [0, 0.1) is 0 Å². The van der Waals surface area contributed by atoms with E-state index >= 15 is 0 Å². The standard InChI is InChI=1S/C16H8Br4F4N2O2/c17-7-1-3-11(9(19)5-7)25-13(27)15(21,22)16(23,24)14(28)26-12-4-2-8(18)6-10(12)20/h1-6H,(H,25,27)(H,26,28). The highest BCUT2D eigenvalue weighted by Crippen LogP contribution is 2.38. The Morgan fingerprint density at radius 2 is 1.00 bits per heavy atom. The average Bonchev–Trinajstić information content (AvgIpc) is 2.59. The summed E-state index contributed by atoms with van der Waals surface area (Å²) in [6, 6.07) is 8.11. The van der Waals surface area contributed by atoms with E-state index in [0.29, 0.717) is 8.95 Å². The fraction of sp³-hybridized carbons (Fsp3) is 0.125. The molecule has 28 heavy (non-hydrogen) atoms. The van der Waals surface area contributed by atoms with Crippen LogP contribution >= 0.6 is 63.7 Å². The van der Waals surface area contributed by atoms with Crippen LogP contribution in [0.4, 0.5) is 28.9 Å². The zero-order valence-electron chi connectivity index (χ0n) is 13.3. The van der Waals surface area contributed by atoms with E-state index in [2.05, 4.69) is 63.7 Å². The topological polar surface area (TPSA) is 58.2 Å². The van der Waals surface area contributed by atoms with Gasteiger partial charge in [-0.25, -0.2) is 0 Å². The first-order chi connectivity index (χ1) is 12.9. The second-order valence-electron chi connectivity index (χ2n) is 5.31. The molecule has 2 amide bonds. The van der Waals surface area contributed by atoms with Crippen molar-refractivity contribution in [1.29, 1.82) is 0 Å². The minimum Gasteiger partial charge on any atom is -0.320 e. The van der Waals surface area contributed by atoms with Crippen molar-refractivity contribution in [1.82, 2.24) is 0 Å². The summed E-state index contributed by atoms with van der Waals surface area (Å²) in [5, 5.41) is 3.38. The summed E-state index contributed by atoms with van der Waals surface area (Å²) in [5.41, 5.74) is -0.334. The summed E-state index contributed by atoms with van der Waals surface area (Å²) in [6.07, 6.45) is 0. The number of anilines is 2. The fourth-order valence-corrected chi connectivity index (χ4v) is 4.16. The molecule has 2 rings (SSSR count). The summed E-state index contributed by atoms with van der Waals surface area (Å²) in [7, 11) is 0. The first-order valence-corrected chi connectivity index (χ1v) is 10.3. The lowest BCUT2D eigenvalue weighted by molar-refractivity contribution is -0.204. The van der Waals surface area contributed by atoms with Crippen LogP contribution in [0.2, 0.25) is 0 Å². The molecular formula is C16H8Br4F4N2O2. The van der Waals surface area contributed by atoms with E-state index in [4.69, 9.17) is 0 Å². The maximum absolute atomic E-state index is 14.1. The van der Waals surface area contributed by atoms with Crippen molar-refractivity contribution >= 4 is 86.9 Å². The molecule has 4 nitrogen and oxygen atoms in total. The number of halogens is 8. The number of hydrogen-bond donors (Lipinski definition) is 2. The highest BCUT2D eigenvalue weighted by Gasteiger charge is 2.67. The summed E-state index contributed by atoms with van der Waals surface area (Å²) in [6.45, 7) is 0. The maximum Gasteiger partial charge on any atom is 0.396 e. The second kappa shape index (κ2) is 8.80. The SMILES string of the molecule is O=C(Nc1ccc(Br)cc1Br)C(F)(F)C(F)(F)C(=O)Nc1ccc(Br)cc1Br. The minimum absolute atomic E-state index is 0.167. The Kier molecular flexibility index (Phi) is 7.32. The Hall–Kier alpha value is -0.980. The third-order valence-electron chi connectivity index (χ3n) is 3.32. The van der Waals surface area contributed by atoms with Gasteiger partial charge in [0.1, 0.15) is 0 Å². The van der Waals surface area contributed by atoms with E-state index in [0.717, 1.165) is 0 Å². The van der Waals surface area contributed by atoms with Crippen molar-refractivity contribution < 1.29 is 27.2 Å². The van der Waals surface area contributed by atoms with Gasteiger partial charge in [-0.2, -0.15) is 17.6 Å². The lowest BCUT2D eigenvalue weighted by Gasteiger charge is -2.25. The average molecular weight is 656 g/mol. The van der Waals surface area contributed by atoms with Gasteiger partial charge in [-0.3, -0.25) is 9.59 Å². The Labute approximate surface area is 190 Å². The Morgan fingerprint density at radius 3 is 1.29 bits per heavy atom. The Morgan fingerprint density at radius 1 is 0.679 bits per heavy atom. The summed E-state index contributed by atoms with van der Waals surface area (Å²) < 4.78 is 58.1. The lowest BCUT2D eigenvalue weighted by atomic mass is 10.1. The molecular weight excluding hydrogens is 648 g/mol. The molecule has 0 spiro atoms. The molecule has 0 heterocycles. The molecule has 0 aromatic heterocycles. The number of rotatable bonds is 5. The third-order valence-corrected chi connectivity index (χ3v) is 5.62. The Bertz CT molecular complexity index is 865. The molecule has 12 heteroatoms. The molecule has 0 unspecified atom stereocenters. The van der Waals surface area contributed by atoms with E-state index in [-0.39, 0.29) is 20.3 Å². The second-order valence-corrected chi connectivity index (χ2v) is 8.85. The van der Waals surface area contributed by atoms with Gasteiger partial charge < -0.3 is 10.6 Å². The number of hydrogen-bond acceptors (Lipinski definition) is 2. The molecule has 0 fully saturated rings. The molecule has 0 bridgehead atoms. The van der Waals surface area contributed by atoms with Crippen LogP contribution in [0.5, 0.6) is 0 Å². The zero-order chi connectivity index (χ0) is 21.3. The summed E-state index contributed by atoms with van der Waals surface area (Å²) >= 11 is 12.3. The number of carbonyl (C=O) groups excluding carboxylic acids is 2. The van der Waals surface area contributed by atoms with E-state index in [1.807, 2.05) is 0 Å². The molecule has 0 atom stereocenters. The predicted molar refractivity (Wildman–Crippen MR) is 111 cm³/mol. The van der Waals surface area contributed by atoms with Crippen molar-refractivity contribution in [3.63, 3.8) is 0 Å². The van der Waals surface area contributed by atoms with Crippen LogP contribution in [0.1, 0.15) is 0 Å². The maximum atomic E-state index is 14.1. The van der Waals surface area contributed by atoms with Gasteiger partial charge in [0, 0.05) is 17.9 Å². The smallest absolute Gasteiger partial charge is 0.320 e. The van der Waals surface area contributed by atoms with Gasteiger partial charge in [-0.05, 0) is 68.3 Å². The number of nitrogens with one attached hydrogen (secondary N) is 2. The van der Waals surface area contributed by atoms with Gasteiger partial charge in [-0.1, -0.05) is 31.9 Å². The summed E-state index contributed by atoms with van der Waals surface area (Å²) in [5.74, 6) is -15.3. The van der Waals surface area contributed by atoms with E-state index in [1.54, 1.807) is 10.6 Å². The summed E-state index contributed by atoms with van der Waals surface area (Å²) in [4.78, 5) is 23.6. The van der Waals surface area contributed by atoms with Crippen molar-refractivity contribution in [2.75, 3.05) is 10.6 Å². The molecule has 150 valence electrons. The first kappa shape index (κ1) is 23.3. The van der Waals surface area contributed by atoms with Gasteiger partial charge >= 0.3 is 23.7 Å². The van der Waals surface area contributed by atoms with Crippen molar-refractivity contribution in [2.45, 2.75) is 11.8 Å². The normalized spacial score (nSPS) is 11.9. The van der Waals surface area contributed by atoms with Gasteiger partial charge in [0.15, 0.2) is 0 Å². The molecule has 0 aliphatic heterocycles.